The minimum atomic E-state index is -1.07. The van der Waals surface area contributed by atoms with E-state index in [1.165, 1.54) is 12.4 Å². The molecule has 0 saturated carbocycles. The van der Waals surface area contributed by atoms with Crippen LogP contribution in [-0.4, -0.2) is 32.7 Å². The van der Waals surface area contributed by atoms with Gasteiger partial charge < -0.3 is 15.8 Å². The van der Waals surface area contributed by atoms with Crippen molar-refractivity contribution >= 4 is 28.8 Å². The summed E-state index contributed by atoms with van der Waals surface area (Å²) in [7, 11) is 0. The lowest BCUT2D eigenvalue weighted by Crippen LogP contribution is -2.29. The Balaban J connectivity index is 2.56. The second kappa shape index (κ2) is 3.69. The number of carboxylic acid groups (broad SMARTS) is 1. The Kier molecular flexibility index (Phi) is 2.35. The summed E-state index contributed by atoms with van der Waals surface area (Å²) in [5, 5.41) is 8.96. The van der Waals surface area contributed by atoms with Gasteiger partial charge >= 0.3 is 6.09 Å². The molecule has 2 aromatic rings. The zero-order valence-electron chi connectivity index (χ0n) is 8.64. The molecule has 2 rings (SSSR count). The Morgan fingerprint density at radius 3 is 3.06 bits per heavy atom. The molecule has 0 saturated heterocycles. The van der Waals surface area contributed by atoms with E-state index >= 15 is 0 Å². The number of nitrogens with zero attached hydrogens (tertiary/aromatic N) is 3. The lowest BCUT2D eigenvalue weighted by molar-refractivity contribution is 0.202. The van der Waals surface area contributed by atoms with Crippen molar-refractivity contribution in [2.45, 2.75) is 6.92 Å². The van der Waals surface area contributed by atoms with Crippen molar-refractivity contribution in [3.05, 3.63) is 12.4 Å². The van der Waals surface area contributed by atoms with Crippen molar-refractivity contribution in [3.8, 4) is 0 Å². The minimum Gasteiger partial charge on any atom is -0.465 e. The van der Waals surface area contributed by atoms with Crippen LogP contribution >= 0.6 is 0 Å². The maximum absolute atomic E-state index is 10.9. The SMILES string of the molecule is CCN(C(=O)O)c1cc(N)c2[nH]cnc2n1. The molecule has 84 valence electrons. The third-order valence-electron chi connectivity index (χ3n) is 2.24. The summed E-state index contributed by atoms with van der Waals surface area (Å²) in [6.45, 7) is 2.03. The monoisotopic (exact) mass is 221 g/mol. The van der Waals surface area contributed by atoms with Gasteiger partial charge in [0, 0.05) is 12.6 Å². The molecule has 0 unspecified atom stereocenters. The summed E-state index contributed by atoms with van der Waals surface area (Å²) in [6, 6.07) is 1.51. The highest BCUT2D eigenvalue weighted by Crippen LogP contribution is 2.22. The largest absolute Gasteiger partial charge is 0.465 e. The summed E-state index contributed by atoms with van der Waals surface area (Å²) in [5.41, 5.74) is 7.22. The molecule has 0 bridgehead atoms. The number of imidazole rings is 1. The maximum atomic E-state index is 10.9. The number of H-pyrrole nitrogens is 1. The maximum Gasteiger partial charge on any atom is 0.413 e. The topological polar surface area (TPSA) is 108 Å². The molecule has 0 radical (unpaired) electrons. The fourth-order valence-corrected chi connectivity index (χ4v) is 1.47. The molecule has 0 atom stereocenters. The van der Waals surface area contributed by atoms with E-state index in [1.54, 1.807) is 6.92 Å². The van der Waals surface area contributed by atoms with E-state index in [0.29, 0.717) is 23.4 Å². The third-order valence-corrected chi connectivity index (χ3v) is 2.24. The number of nitrogens with one attached hydrogen (secondary N) is 1. The van der Waals surface area contributed by atoms with Crippen LogP contribution < -0.4 is 10.6 Å². The van der Waals surface area contributed by atoms with E-state index in [-0.39, 0.29) is 5.82 Å². The van der Waals surface area contributed by atoms with Crippen LogP contribution in [0.15, 0.2) is 12.4 Å². The molecule has 0 aliphatic heterocycles. The van der Waals surface area contributed by atoms with E-state index in [0.717, 1.165) is 4.90 Å². The molecule has 16 heavy (non-hydrogen) atoms. The van der Waals surface area contributed by atoms with Gasteiger partial charge in [-0.1, -0.05) is 0 Å². The summed E-state index contributed by atoms with van der Waals surface area (Å²) >= 11 is 0. The molecule has 4 N–H and O–H groups in total. The Morgan fingerprint density at radius 1 is 1.69 bits per heavy atom. The fraction of sp³-hybridized carbons (Fsp3) is 0.222. The van der Waals surface area contributed by atoms with E-state index in [4.69, 9.17) is 10.8 Å². The van der Waals surface area contributed by atoms with Crippen LogP contribution in [0.25, 0.3) is 11.2 Å². The molecule has 7 nitrogen and oxygen atoms in total. The van der Waals surface area contributed by atoms with Gasteiger partial charge in [-0.2, -0.15) is 0 Å². The number of nitrogen functional groups attached to an aromatic ring is 1. The van der Waals surface area contributed by atoms with Crippen LogP contribution in [0.5, 0.6) is 0 Å². The number of fused-ring (bicyclic) bond motifs is 1. The number of amides is 1. The quantitative estimate of drug-likeness (QED) is 0.702. The van der Waals surface area contributed by atoms with E-state index in [1.807, 2.05) is 0 Å². The van der Waals surface area contributed by atoms with Crippen molar-refractivity contribution in [2.75, 3.05) is 17.2 Å². The molecular formula is C9H11N5O2. The Hall–Kier alpha value is -2.31. The van der Waals surface area contributed by atoms with Crippen molar-refractivity contribution < 1.29 is 9.90 Å². The number of aromatic nitrogens is 3. The Bertz CT molecular complexity index is 536. The van der Waals surface area contributed by atoms with Gasteiger partial charge in [0.2, 0.25) is 0 Å². The van der Waals surface area contributed by atoms with Crippen molar-refractivity contribution in [1.29, 1.82) is 0 Å². The first-order chi connectivity index (χ1) is 7.63. The normalized spacial score (nSPS) is 10.6. The average molecular weight is 221 g/mol. The molecular weight excluding hydrogens is 210 g/mol. The van der Waals surface area contributed by atoms with Gasteiger partial charge in [-0.3, -0.25) is 4.90 Å². The minimum absolute atomic E-state index is 0.284. The molecule has 0 fully saturated rings. The standard InChI is InChI=1S/C9H11N5O2/c1-2-14(9(15)16)6-3-5(10)7-8(13-6)12-4-11-7/h3-4H,2H2,1H3,(H,15,16)(H3,10,11,12,13). The number of nitrogens with two attached hydrogens (primary N) is 1. The predicted octanol–water partition coefficient (Wildman–Crippen LogP) is 1.04. The van der Waals surface area contributed by atoms with Gasteiger partial charge in [0.25, 0.3) is 0 Å². The number of hydrogen-bond acceptors (Lipinski definition) is 4. The highest BCUT2D eigenvalue weighted by molar-refractivity contribution is 5.91. The summed E-state index contributed by atoms with van der Waals surface area (Å²) in [5.74, 6) is 0.284. The lowest BCUT2D eigenvalue weighted by Gasteiger charge is -2.15. The first-order valence-corrected chi connectivity index (χ1v) is 4.73. The Morgan fingerprint density at radius 2 is 2.44 bits per heavy atom. The summed E-state index contributed by atoms with van der Waals surface area (Å²) in [4.78, 5) is 22.9. The van der Waals surface area contributed by atoms with Crippen LogP contribution in [0.4, 0.5) is 16.3 Å². The molecule has 7 heteroatoms. The van der Waals surface area contributed by atoms with Gasteiger partial charge in [0.05, 0.1) is 12.0 Å². The summed E-state index contributed by atoms with van der Waals surface area (Å²) in [6.07, 6.45) is 0.402. The van der Waals surface area contributed by atoms with Crippen LogP contribution in [0, 0.1) is 0 Å². The van der Waals surface area contributed by atoms with Gasteiger partial charge in [-0.05, 0) is 6.92 Å². The molecule has 0 aliphatic rings. The third kappa shape index (κ3) is 1.52. The van der Waals surface area contributed by atoms with Crippen LogP contribution in [0.2, 0.25) is 0 Å². The zero-order valence-corrected chi connectivity index (χ0v) is 8.64. The van der Waals surface area contributed by atoms with Crippen molar-refractivity contribution in [3.63, 3.8) is 0 Å². The highest BCUT2D eigenvalue weighted by atomic mass is 16.4. The van der Waals surface area contributed by atoms with E-state index in [2.05, 4.69) is 15.0 Å². The van der Waals surface area contributed by atoms with Crippen LogP contribution in [0.3, 0.4) is 0 Å². The Labute approximate surface area is 90.9 Å². The number of carbonyl (C=O) groups is 1. The second-order valence-corrected chi connectivity index (χ2v) is 3.20. The van der Waals surface area contributed by atoms with E-state index in [9.17, 15) is 4.79 Å². The van der Waals surface area contributed by atoms with Gasteiger partial charge in [-0.15, -0.1) is 0 Å². The molecule has 2 heterocycles. The molecule has 0 spiro atoms. The van der Waals surface area contributed by atoms with Crippen LogP contribution in [-0.2, 0) is 0 Å². The fourth-order valence-electron chi connectivity index (χ4n) is 1.47. The van der Waals surface area contributed by atoms with Crippen molar-refractivity contribution in [1.82, 2.24) is 15.0 Å². The summed E-state index contributed by atoms with van der Waals surface area (Å²) < 4.78 is 0. The molecule has 0 aromatic carbocycles. The molecule has 2 aromatic heterocycles. The number of hydrogen-bond donors (Lipinski definition) is 3. The first kappa shape index (κ1) is 10.2. The molecule has 1 amide bonds. The second-order valence-electron chi connectivity index (χ2n) is 3.20. The van der Waals surface area contributed by atoms with Gasteiger partial charge in [0.15, 0.2) is 5.65 Å². The van der Waals surface area contributed by atoms with Crippen LogP contribution in [0.1, 0.15) is 6.92 Å². The van der Waals surface area contributed by atoms with E-state index < -0.39 is 6.09 Å². The number of rotatable bonds is 2. The highest BCUT2D eigenvalue weighted by Gasteiger charge is 2.15. The first-order valence-electron chi connectivity index (χ1n) is 4.73. The van der Waals surface area contributed by atoms with Gasteiger partial charge in [0.1, 0.15) is 11.3 Å². The predicted molar refractivity (Wildman–Crippen MR) is 59.3 cm³/mol. The average Bonchev–Trinajstić information content (AvgIpc) is 2.66. The smallest absolute Gasteiger partial charge is 0.413 e. The van der Waals surface area contributed by atoms with Crippen molar-refractivity contribution in [2.24, 2.45) is 0 Å². The molecule has 0 aliphatic carbocycles. The number of pyridine rings is 1. The van der Waals surface area contributed by atoms with Gasteiger partial charge in [-0.25, -0.2) is 14.8 Å². The lowest BCUT2D eigenvalue weighted by atomic mass is 10.3. The number of anilines is 2. The zero-order chi connectivity index (χ0) is 11.7. The number of aromatic amines is 1.